The Morgan fingerprint density at radius 1 is 1.24 bits per heavy atom. The average Bonchev–Trinajstić information content (AvgIpc) is 2.88. The molecule has 1 fully saturated rings. The molecule has 6 heteroatoms. The Morgan fingerprint density at radius 3 is 2.79 bits per heavy atom. The van der Waals surface area contributed by atoms with Gasteiger partial charge < -0.3 is 10.2 Å². The number of carbonyl (C=O) groups is 1. The van der Waals surface area contributed by atoms with E-state index >= 15 is 0 Å². The molecular weight excluding hydrogens is 367 g/mol. The first-order chi connectivity index (χ1) is 14.1. The van der Waals surface area contributed by atoms with Gasteiger partial charge in [0.2, 0.25) is 0 Å². The van der Waals surface area contributed by atoms with Crippen LogP contribution in [0.2, 0.25) is 0 Å². The molecule has 156 valence electrons. The second-order valence-electron chi connectivity index (χ2n) is 8.38. The molecule has 0 bridgehead atoms. The summed E-state index contributed by atoms with van der Waals surface area (Å²) in [5, 5.41) is 8.24. The van der Waals surface area contributed by atoms with E-state index in [1.54, 1.807) is 12.1 Å². The predicted octanol–water partition coefficient (Wildman–Crippen LogP) is 3.27. The second kappa shape index (κ2) is 9.08. The molecule has 5 nitrogen and oxygen atoms in total. The zero-order valence-electron chi connectivity index (χ0n) is 17.3. The van der Waals surface area contributed by atoms with Gasteiger partial charge in [-0.3, -0.25) is 9.48 Å². The zero-order valence-corrected chi connectivity index (χ0v) is 17.3. The molecule has 29 heavy (non-hydrogen) atoms. The second-order valence-corrected chi connectivity index (χ2v) is 8.38. The van der Waals surface area contributed by atoms with Crippen molar-refractivity contribution in [2.24, 2.45) is 7.05 Å². The Balaban J connectivity index is 1.40. The fraction of sp³-hybridized carbons (Fsp3) is 0.565. The number of rotatable bonds is 5. The van der Waals surface area contributed by atoms with Crippen molar-refractivity contribution in [1.29, 1.82) is 0 Å². The summed E-state index contributed by atoms with van der Waals surface area (Å²) in [7, 11) is 1.95. The van der Waals surface area contributed by atoms with Crippen LogP contribution in [-0.4, -0.2) is 46.3 Å². The third-order valence-corrected chi connectivity index (χ3v) is 6.29. The van der Waals surface area contributed by atoms with Crippen LogP contribution >= 0.6 is 0 Å². The summed E-state index contributed by atoms with van der Waals surface area (Å²) in [6.07, 6.45) is 8.20. The molecule has 0 radical (unpaired) electrons. The maximum Gasteiger partial charge on any atom is 0.274 e. The lowest BCUT2D eigenvalue weighted by Gasteiger charge is -2.25. The van der Waals surface area contributed by atoms with Crippen molar-refractivity contribution in [3.05, 3.63) is 52.6 Å². The van der Waals surface area contributed by atoms with Crippen molar-refractivity contribution in [1.82, 2.24) is 20.0 Å². The number of nitrogens with one attached hydrogen (secondary N) is 1. The van der Waals surface area contributed by atoms with Crippen molar-refractivity contribution in [2.45, 2.75) is 57.4 Å². The Morgan fingerprint density at radius 2 is 2.03 bits per heavy atom. The highest BCUT2D eigenvalue weighted by Crippen LogP contribution is 2.26. The highest BCUT2D eigenvalue weighted by Gasteiger charge is 2.30. The number of likely N-dealkylation sites (tertiary alicyclic amines) is 1. The number of hydrogen-bond donors (Lipinski definition) is 1. The quantitative estimate of drug-likeness (QED) is 0.841. The molecule has 1 unspecified atom stereocenters. The van der Waals surface area contributed by atoms with Gasteiger partial charge in [0.05, 0.1) is 0 Å². The van der Waals surface area contributed by atoms with Gasteiger partial charge in [-0.1, -0.05) is 25.0 Å². The van der Waals surface area contributed by atoms with Gasteiger partial charge in [0, 0.05) is 37.4 Å². The summed E-state index contributed by atoms with van der Waals surface area (Å²) >= 11 is 0. The van der Waals surface area contributed by atoms with E-state index in [0.717, 1.165) is 69.3 Å². The molecule has 2 aromatic rings. The lowest BCUT2D eigenvalue weighted by atomic mass is 9.91. The fourth-order valence-electron chi connectivity index (χ4n) is 4.67. The smallest absolute Gasteiger partial charge is 0.274 e. The van der Waals surface area contributed by atoms with Crippen LogP contribution in [0.1, 0.15) is 59.4 Å². The van der Waals surface area contributed by atoms with Gasteiger partial charge >= 0.3 is 0 Å². The molecular formula is C23H31FN4O. The van der Waals surface area contributed by atoms with Crippen molar-refractivity contribution in [3.63, 3.8) is 0 Å². The fourth-order valence-corrected chi connectivity index (χ4v) is 4.67. The lowest BCUT2D eigenvalue weighted by Crippen LogP contribution is -2.37. The molecule has 0 spiro atoms. The van der Waals surface area contributed by atoms with Crippen molar-refractivity contribution in [3.8, 4) is 0 Å². The molecule has 0 saturated carbocycles. The maximum atomic E-state index is 13.4. The van der Waals surface area contributed by atoms with Crippen LogP contribution in [0.3, 0.4) is 0 Å². The van der Waals surface area contributed by atoms with E-state index in [4.69, 9.17) is 0 Å². The summed E-state index contributed by atoms with van der Waals surface area (Å²) in [6, 6.07) is 7.12. The number of amides is 1. The van der Waals surface area contributed by atoms with Gasteiger partial charge in [-0.25, -0.2) is 4.39 Å². The van der Waals surface area contributed by atoms with E-state index in [1.807, 2.05) is 22.7 Å². The number of benzene rings is 1. The first kappa shape index (κ1) is 20.1. The number of nitrogens with zero attached hydrogens (tertiary/aromatic N) is 3. The Hall–Kier alpha value is -2.21. The molecule has 1 saturated heterocycles. The average molecular weight is 399 g/mol. The molecule has 1 atom stereocenters. The minimum Gasteiger partial charge on any atom is -0.337 e. The van der Waals surface area contributed by atoms with Crippen LogP contribution in [0.5, 0.6) is 0 Å². The molecule has 1 N–H and O–H groups in total. The standard InChI is InChI=1S/C23H31FN4O/c1-27-21-10-9-19(25-12-11-17-7-6-8-18(24)15-17)16-20(21)22(26-27)23(29)28-13-4-2-3-5-14-28/h6-8,15,19,25H,2-5,9-14,16H2,1H3. The predicted molar refractivity (Wildman–Crippen MR) is 111 cm³/mol. The summed E-state index contributed by atoms with van der Waals surface area (Å²) in [6.45, 7) is 2.50. The van der Waals surface area contributed by atoms with Crippen molar-refractivity contribution in [2.75, 3.05) is 19.6 Å². The molecule has 1 amide bonds. The first-order valence-electron chi connectivity index (χ1n) is 10.9. The van der Waals surface area contributed by atoms with Crippen LogP contribution in [0.15, 0.2) is 24.3 Å². The van der Waals surface area contributed by atoms with Gasteiger partial charge in [0.15, 0.2) is 5.69 Å². The van der Waals surface area contributed by atoms with Gasteiger partial charge in [-0.05, 0) is 62.8 Å². The molecule has 1 aliphatic carbocycles. The van der Waals surface area contributed by atoms with E-state index in [1.165, 1.54) is 24.6 Å². The summed E-state index contributed by atoms with van der Waals surface area (Å²) in [4.78, 5) is 15.2. The lowest BCUT2D eigenvalue weighted by molar-refractivity contribution is 0.0753. The Bertz CT molecular complexity index is 855. The van der Waals surface area contributed by atoms with Gasteiger partial charge in [0.25, 0.3) is 5.91 Å². The number of fused-ring (bicyclic) bond motifs is 1. The van der Waals surface area contributed by atoms with Crippen LogP contribution in [0, 0.1) is 5.82 Å². The molecule has 2 heterocycles. The SMILES string of the molecule is Cn1nc(C(=O)N2CCCCCC2)c2c1CCC(NCCc1cccc(F)c1)C2. The van der Waals surface area contributed by atoms with Gasteiger partial charge in [-0.2, -0.15) is 5.10 Å². The van der Waals surface area contributed by atoms with Crippen molar-refractivity contribution < 1.29 is 9.18 Å². The number of aromatic nitrogens is 2. The van der Waals surface area contributed by atoms with E-state index < -0.39 is 0 Å². The van der Waals surface area contributed by atoms with E-state index in [0.29, 0.717) is 11.7 Å². The zero-order chi connectivity index (χ0) is 20.2. The number of aryl methyl sites for hydroxylation is 1. The summed E-state index contributed by atoms with van der Waals surface area (Å²) in [5.74, 6) is -0.0824. The van der Waals surface area contributed by atoms with E-state index in [-0.39, 0.29) is 11.7 Å². The molecule has 1 aromatic carbocycles. The normalized spacial score (nSPS) is 19.7. The van der Waals surface area contributed by atoms with Crippen LogP contribution in [-0.2, 0) is 26.3 Å². The minimum atomic E-state index is -0.183. The van der Waals surface area contributed by atoms with Crippen LogP contribution in [0.4, 0.5) is 4.39 Å². The Kier molecular flexibility index (Phi) is 6.28. The monoisotopic (exact) mass is 398 g/mol. The highest BCUT2D eigenvalue weighted by molar-refractivity contribution is 5.94. The number of hydrogen-bond acceptors (Lipinski definition) is 3. The summed E-state index contributed by atoms with van der Waals surface area (Å²) in [5.41, 5.74) is 3.98. The van der Waals surface area contributed by atoms with E-state index in [2.05, 4.69) is 10.4 Å². The van der Waals surface area contributed by atoms with Gasteiger partial charge in [-0.15, -0.1) is 0 Å². The largest absolute Gasteiger partial charge is 0.337 e. The summed E-state index contributed by atoms with van der Waals surface area (Å²) < 4.78 is 15.3. The third kappa shape index (κ3) is 4.69. The third-order valence-electron chi connectivity index (χ3n) is 6.29. The molecule has 2 aliphatic rings. The van der Waals surface area contributed by atoms with Crippen molar-refractivity contribution >= 4 is 5.91 Å². The molecule has 4 rings (SSSR count). The Labute approximate surface area is 172 Å². The number of carbonyl (C=O) groups excluding carboxylic acids is 1. The highest BCUT2D eigenvalue weighted by atomic mass is 19.1. The van der Waals surface area contributed by atoms with Gasteiger partial charge in [0.1, 0.15) is 5.82 Å². The van der Waals surface area contributed by atoms with Crippen LogP contribution < -0.4 is 5.32 Å². The van der Waals surface area contributed by atoms with E-state index in [9.17, 15) is 9.18 Å². The molecule has 1 aromatic heterocycles. The number of halogens is 1. The first-order valence-corrected chi connectivity index (χ1v) is 10.9. The maximum absolute atomic E-state index is 13.4. The topological polar surface area (TPSA) is 50.2 Å². The molecule has 1 aliphatic heterocycles. The van der Waals surface area contributed by atoms with Crippen LogP contribution in [0.25, 0.3) is 0 Å². The minimum absolute atomic E-state index is 0.101.